The summed E-state index contributed by atoms with van der Waals surface area (Å²) in [6.07, 6.45) is 3.25. The molecule has 0 aliphatic rings. The minimum Gasteiger partial charge on any atom is -0.369 e. The van der Waals surface area contributed by atoms with Crippen LogP contribution in [0.1, 0.15) is 37.0 Å². The predicted octanol–water partition coefficient (Wildman–Crippen LogP) is 2.48. The molecule has 0 aromatic carbocycles. The lowest BCUT2D eigenvalue weighted by Crippen LogP contribution is -2.29. The van der Waals surface area contributed by atoms with Gasteiger partial charge < -0.3 is 15.2 Å². The standard InChI is InChI=1S/C20H28N8O2S/c1-13(2)20-27-19(12-28(20)5)31(29,30)23-9-8-22-17-11-18(25-15(4)24-17)26-16-10-14(3)6-7-21-16/h6-7,10-13,23H,8-9H2,1-5H3,(H2,21,22,24,25,26). The molecule has 3 aromatic rings. The van der Waals surface area contributed by atoms with E-state index >= 15 is 0 Å². The average molecular weight is 445 g/mol. The highest BCUT2D eigenvalue weighted by atomic mass is 32.2. The lowest BCUT2D eigenvalue weighted by atomic mass is 10.2. The summed E-state index contributed by atoms with van der Waals surface area (Å²) in [5.74, 6) is 3.31. The van der Waals surface area contributed by atoms with Gasteiger partial charge in [0.15, 0.2) is 5.03 Å². The highest BCUT2D eigenvalue weighted by Gasteiger charge is 2.20. The van der Waals surface area contributed by atoms with Gasteiger partial charge in [0.1, 0.15) is 29.1 Å². The van der Waals surface area contributed by atoms with Crippen molar-refractivity contribution in [1.29, 1.82) is 0 Å². The summed E-state index contributed by atoms with van der Waals surface area (Å²) in [5.41, 5.74) is 1.09. The van der Waals surface area contributed by atoms with E-state index in [1.54, 1.807) is 30.8 Å². The van der Waals surface area contributed by atoms with E-state index in [1.165, 1.54) is 6.20 Å². The largest absolute Gasteiger partial charge is 0.369 e. The molecule has 0 bridgehead atoms. The van der Waals surface area contributed by atoms with Crippen molar-refractivity contribution in [3.05, 3.63) is 47.8 Å². The molecule has 0 aliphatic carbocycles. The van der Waals surface area contributed by atoms with Crippen molar-refractivity contribution in [1.82, 2.24) is 29.2 Å². The van der Waals surface area contributed by atoms with Crippen LogP contribution in [0.5, 0.6) is 0 Å². The molecular formula is C20H28N8O2S. The summed E-state index contributed by atoms with van der Waals surface area (Å²) in [6.45, 7) is 8.25. The molecule has 0 saturated heterocycles. The summed E-state index contributed by atoms with van der Waals surface area (Å²) in [5, 5.41) is 6.29. The van der Waals surface area contributed by atoms with Crippen molar-refractivity contribution < 1.29 is 8.42 Å². The van der Waals surface area contributed by atoms with Gasteiger partial charge in [0, 0.05) is 44.5 Å². The van der Waals surface area contributed by atoms with Gasteiger partial charge in [0.05, 0.1) is 0 Å². The van der Waals surface area contributed by atoms with Gasteiger partial charge in [0.25, 0.3) is 10.0 Å². The second-order valence-electron chi connectivity index (χ2n) is 7.56. The van der Waals surface area contributed by atoms with Gasteiger partial charge in [-0.15, -0.1) is 0 Å². The Balaban J connectivity index is 1.59. The number of aromatic nitrogens is 5. The van der Waals surface area contributed by atoms with Gasteiger partial charge in [-0.05, 0) is 31.5 Å². The van der Waals surface area contributed by atoms with Gasteiger partial charge in [-0.1, -0.05) is 13.8 Å². The SMILES string of the molecule is Cc1ccnc(Nc2cc(NCCNS(=O)(=O)c3cn(C)c(C(C)C)n3)nc(C)n2)c1. The van der Waals surface area contributed by atoms with Gasteiger partial charge in [-0.2, -0.15) is 0 Å². The highest BCUT2D eigenvalue weighted by molar-refractivity contribution is 7.89. The number of imidazole rings is 1. The number of nitrogens with one attached hydrogen (secondary N) is 3. The van der Waals surface area contributed by atoms with Crippen LogP contribution in [0.25, 0.3) is 0 Å². The zero-order valence-corrected chi connectivity index (χ0v) is 19.2. The van der Waals surface area contributed by atoms with Gasteiger partial charge in [-0.25, -0.2) is 33.1 Å². The van der Waals surface area contributed by atoms with Crippen LogP contribution in [0.4, 0.5) is 17.5 Å². The van der Waals surface area contributed by atoms with Crippen molar-refractivity contribution in [3.63, 3.8) is 0 Å². The van der Waals surface area contributed by atoms with E-state index in [2.05, 4.69) is 35.3 Å². The highest BCUT2D eigenvalue weighted by Crippen LogP contribution is 2.17. The topological polar surface area (TPSA) is 127 Å². The smallest absolute Gasteiger partial charge is 0.259 e. The molecule has 0 amide bonds. The zero-order chi connectivity index (χ0) is 22.6. The minimum atomic E-state index is -3.69. The fourth-order valence-electron chi connectivity index (χ4n) is 3.03. The zero-order valence-electron chi connectivity index (χ0n) is 18.3. The number of hydrogen-bond acceptors (Lipinski definition) is 8. The molecule has 0 fully saturated rings. The monoisotopic (exact) mass is 444 g/mol. The number of sulfonamides is 1. The number of pyridine rings is 1. The Hall–Kier alpha value is -3.05. The van der Waals surface area contributed by atoms with Crippen molar-refractivity contribution in [2.24, 2.45) is 7.05 Å². The lowest BCUT2D eigenvalue weighted by Gasteiger charge is -2.10. The van der Waals surface area contributed by atoms with Crippen LogP contribution >= 0.6 is 0 Å². The van der Waals surface area contributed by atoms with Gasteiger partial charge >= 0.3 is 0 Å². The molecule has 0 spiro atoms. The summed E-state index contributed by atoms with van der Waals surface area (Å²) in [7, 11) is -1.90. The number of hydrogen-bond donors (Lipinski definition) is 3. The molecule has 0 unspecified atom stereocenters. The lowest BCUT2D eigenvalue weighted by molar-refractivity contribution is 0.579. The molecule has 10 nitrogen and oxygen atoms in total. The Morgan fingerprint density at radius 1 is 1.03 bits per heavy atom. The molecule has 0 atom stereocenters. The molecule has 0 saturated carbocycles. The van der Waals surface area contributed by atoms with Crippen LogP contribution in [0.15, 0.2) is 35.6 Å². The Morgan fingerprint density at radius 3 is 2.45 bits per heavy atom. The van der Waals surface area contributed by atoms with Crippen molar-refractivity contribution >= 4 is 27.5 Å². The summed E-state index contributed by atoms with van der Waals surface area (Å²) < 4.78 is 29.3. The van der Waals surface area contributed by atoms with Crippen LogP contribution in [0.3, 0.4) is 0 Å². The van der Waals surface area contributed by atoms with E-state index in [-0.39, 0.29) is 17.5 Å². The Labute approximate surface area is 182 Å². The van der Waals surface area contributed by atoms with Crippen molar-refractivity contribution in [3.8, 4) is 0 Å². The van der Waals surface area contributed by atoms with E-state index in [4.69, 9.17) is 0 Å². The third-order valence-electron chi connectivity index (χ3n) is 4.41. The van der Waals surface area contributed by atoms with Crippen molar-refractivity contribution in [2.75, 3.05) is 23.7 Å². The Kier molecular flexibility index (Phi) is 6.86. The molecule has 3 N–H and O–H groups in total. The minimum absolute atomic E-state index is 0.0220. The van der Waals surface area contributed by atoms with Crippen molar-refractivity contribution in [2.45, 2.75) is 38.6 Å². The number of nitrogens with zero attached hydrogens (tertiary/aromatic N) is 5. The Morgan fingerprint density at radius 2 is 1.77 bits per heavy atom. The first-order chi connectivity index (χ1) is 14.6. The number of aryl methyl sites for hydroxylation is 3. The summed E-state index contributed by atoms with van der Waals surface area (Å²) in [6, 6.07) is 5.58. The van der Waals surface area contributed by atoms with E-state index in [0.717, 1.165) is 11.4 Å². The maximum absolute atomic E-state index is 12.5. The molecule has 3 aromatic heterocycles. The number of rotatable bonds is 9. The van der Waals surface area contributed by atoms with E-state index in [9.17, 15) is 8.42 Å². The van der Waals surface area contributed by atoms with E-state index in [0.29, 0.717) is 29.8 Å². The second kappa shape index (κ2) is 9.40. The van der Waals surface area contributed by atoms with E-state index < -0.39 is 10.0 Å². The second-order valence-corrected chi connectivity index (χ2v) is 9.27. The summed E-state index contributed by atoms with van der Waals surface area (Å²) in [4.78, 5) is 17.2. The average Bonchev–Trinajstić information content (AvgIpc) is 3.08. The predicted molar refractivity (Wildman–Crippen MR) is 120 cm³/mol. The van der Waals surface area contributed by atoms with Crippen LogP contribution < -0.4 is 15.4 Å². The third-order valence-corrected chi connectivity index (χ3v) is 5.75. The molecule has 0 radical (unpaired) electrons. The van der Waals surface area contributed by atoms with Gasteiger partial charge in [-0.3, -0.25) is 0 Å². The van der Waals surface area contributed by atoms with Gasteiger partial charge in [0.2, 0.25) is 0 Å². The first-order valence-corrected chi connectivity index (χ1v) is 11.4. The maximum atomic E-state index is 12.5. The van der Waals surface area contributed by atoms with Crippen LogP contribution in [-0.2, 0) is 17.1 Å². The quantitative estimate of drug-likeness (QED) is 0.430. The molecule has 0 aliphatic heterocycles. The molecule has 3 rings (SSSR count). The Bertz CT molecular complexity index is 1160. The number of anilines is 3. The molecule has 31 heavy (non-hydrogen) atoms. The maximum Gasteiger partial charge on any atom is 0.259 e. The third kappa shape index (κ3) is 5.98. The fourth-order valence-corrected chi connectivity index (χ4v) is 4.06. The van der Waals surface area contributed by atoms with Crippen LogP contribution in [-0.4, -0.2) is 46.0 Å². The molecular weight excluding hydrogens is 416 g/mol. The molecule has 166 valence electrons. The molecule has 3 heterocycles. The summed E-state index contributed by atoms with van der Waals surface area (Å²) >= 11 is 0. The first-order valence-electron chi connectivity index (χ1n) is 9.96. The van der Waals surface area contributed by atoms with E-state index in [1.807, 2.05) is 32.9 Å². The normalized spacial score (nSPS) is 11.7. The first kappa shape index (κ1) is 22.6. The fraction of sp³-hybridized carbons (Fsp3) is 0.400. The van der Waals surface area contributed by atoms with Crippen LogP contribution in [0, 0.1) is 13.8 Å². The molecule has 11 heteroatoms. The van der Waals surface area contributed by atoms with Crippen LogP contribution in [0.2, 0.25) is 0 Å².